The quantitative estimate of drug-likeness (QED) is 0.392. The van der Waals surface area contributed by atoms with E-state index in [9.17, 15) is 0 Å². The predicted octanol–water partition coefficient (Wildman–Crippen LogP) is 1.05. The van der Waals surface area contributed by atoms with Crippen LogP contribution < -0.4 is 10.6 Å². The summed E-state index contributed by atoms with van der Waals surface area (Å²) in [6, 6.07) is 0.609. The van der Waals surface area contributed by atoms with E-state index in [-0.39, 0.29) is 0 Å². The van der Waals surface area contributed by atoms with Crippen molar-refractivity contribution in [3.63, 3.8) is 0 Å². The Bertz CT molecular complexity index is 78.1. The normalized spacial score (nSPS) is 47.6. The lowest BCUT2D eigenvalue weighted by Gasteiger charge is -2.03. The Labute approximate surface area is 76.5 Å². The summed E-state index contributed by atoms with van der Waals surface area (Å²) in [5, 5.41) is 6.66. The monoisotopic (exact) mass is 338 g/mol. The van der Waals surface area contributed by atoms with Crippen LogP contribution in [0.25, 0.3) is 0 Å². The maximum absolute atomic E-state index is 3.33. The summed E-state index contributed by atoms with van der Waals surface area (Å²) >= 11 is 4.73. The van der Waals surface area contributed by atoms with Gasteiger partial charge in [0.1, 0.15) is 4.17 Å². The molecule has 1 rings (SSSR count). The van der Waals surface area contributed by atoms with Gasteiger partial charge in [0.15, 0.2) is 0 Å². The third-order valence-corrected chi connectivity index (χ3v) is 3.31. The molecule has 1 aliphatic heterocycles. The number of hydrogen-bond donors (Lipinski definition) is 2. The fraction of sp³-hybridized carbons (Fsp3) is 1.00. The van der Waals surface area contributed by atoms with Gasteiger partial charge >= 0.3 is 0 Å². The van der Waals surface area contributed by atoms with Gasteiger partial charge in [-0.15, -0.1) is 0 Å². The highest BCUT2D eigenvalue weighted by atomic mass is 127. The summed E-state index contributed by atoms with van der Waals surface area (Å²) in [5.74, 6) is 0. The lowest BCUT2D eigenvalue weighted by atomic mass is 10.4. The second-order valence-corrected chi connectivity index (χ2v) is 4.47. The first-order chi connectivity index (χ1) is 3.70. The molecule has 1 saturated heterocycles. The number of rotatable bonds is 0. The summed E-state index contributed by atoms with van der Waals surface area (Å²) in [4.78, 5) is 0. The molecule has 1 aliphatic rings. The second kappa shape index (κ2) is 2.98. The second-order valence-electron chi connectivity index (χ2n) is 1.89. The molecule has 0 aromatic rings. The number of nitrogens with one attached hydrogen (secondary N) is 2. The van der Waals surface area contributed by atoms with E-state index in [0.717, 1.165) is 0 Å². The van der Waals surface area contributed by atoms with Crippen LogP contribution in [0, 0.1) is 0 Å². The largest absolute Gasteiger partial charge is 0.289 e. The van der Waals surface area contributed by atoms with Crippen molar-refractivity contribution < 1.29 is 0 Å². The SMILES string of the molecule is CC1NC(I)NC1I. The Hall–Kier alpha value is 1.38. The minimum atomic E-state index is 0.462. The van der Waals surface area contributed by atoms with Crippen molar-refractivity contribution >= 4 is 45.2 Å². The van der Waals surface area contributed by atoms with Crippen molar-refractivity contribution in [2.45, 2.75) is 21.2 Å². The van der Waals surface area contributed by atoms with Gasteiger partial charge in [0, 0.05) is 6.04 Å². The van der Waals surface area contributed by atoms with Gasteiger partial charge in [0.05, 0.1) is 4.05 Å². The first-order valence-electron chi connectivity index (χ1n) is 2.50. The standard InChI is InChI=1S/C4H8I2N2/c1-2-3(5)8-4(6)7-2/h2-4,7-8H,1H3. The van der Waals surface area contributed by atoms with E-state index < -0.39 is 0 Å². The van der Waals surface area contributed by atoms with Crippen molar-refractivity contribution in [3.05, 3.63) is 0 Å². The van der Waals surface area contributed by atoms with Crippen LogP contribution in [0.4, 0.5) is 0 Å². The third-order valence-electron chi connectivity index (χ3n) is 1.15. The molecule has 0 aromatic heterocycles. The van der Waals surface area contributed by atoms with Gasteiger partial charge in [0.25, 0.3) is 0 Å². The molecule has 0 saturated carbocycles. The van der Waals surface area contributed by atoms with Crippen LogP contribution in [0.5, 0.6) is 0 Å². The lowest BCUT2D eigenvalue weighted by Crippen LogP contribution is -2.25. The molecule has 0 aliphatic carbocycles. The maximum Gasteiger partial charge on any atom is 0.112 e. The Morgan fingerprint density at radius 2 is 1.88 bits per heavy atom. The Balaban J connectivity index is 2.39. The summed E-state index contributed by atoms with van der Waals surface area (Å²) in [5.41, 5.74) is 0. The van der Waals surface area contributed by atoms with E-state index in [4.69, 9.17) is 0 Å². The minimum Gasteiger partial charge on any atom is -0.289 e. The minimum absolute atomic E-state index is 0.462. The Morgan fingerprint density at radius 3 is 2.00 bits per heavy atom. The summed E-state index contributed by atoms with van der Waals surface area (Å²) in [6.45, 7) is 2.18. The molecule has 0 radical (unpaired) electrons. The van der Waals surface area contributed by atoms with Crippen molar-refractivity contribution in [1.29, 1.82) is 0 Å². The molecule has 0 bridgehead atoms. The van der Waals surface area contributed by atoms with Crippen molar-refractivity contribution in [1.82, 2.24) is 10.6 Å². The molecule has 1 heterocycles. The molecule has 0 amide bonds. The topological polar surface area (TPSA) is 24.1 Å². The molecule has 2 nitrogen and oxygen atoms in total. The van der Waals surface area contributed by atoms with Gasteiger partial charge in [0.2, 0.25) is 0 Å². The fourth-order valence-electron chi connectivity index (χ4n) is 0.648. The van der Waals surface area contributed by atoms with Crippen LogP contribution in [0.15, 0.2) is 0 Å². The van der Waals surface area contributed by atoms with Crippen molar-refractivity contribution in [3.8, 4) is 0 Å². The van der Waals surface area contributed by atoms with Crippen molar-refractivity contribution in [2.75, 3.05) is 0 Å². The predicted molar refractivity (Wildman–Crippen MR) is 51.3 cm³/mol. The number of hydrogen-bond acceptors (Lipinski definition) is 2. The summed E-state index contributed by atoms with van der Waals surface area (Å²) in [7, 11) is 0. The highest BCUT2D eigenvalue weighted by Gasteiger charge is 2.24. The van der Waals surface area contributed by atoms with Gasteiger partial charge in [-0.1, -0.05) is 22.6 Å². The number of halogens is 2. The molecule has 2 N–H and O–H groups in total. The van der Waals surface area contributed by atoms with Crippen molar-refractivity contribution in [2.24, 2.45) is 0 Å². The van der Waals surface area contributed by atoms with E-state index in [1.807, 2.05) is 0 Å². The lowest BCUT2D eigenvalue weighted by molar-refractivity contribution is 0.675. The van der Waals surface area contributed by atoms with Crippen LogP contribution in [-0.4, -0.2) is 14.3 Å². The van der Waals surface area contributed by atoms with Gasteiger partial charge in [-0.3, -0.25) is 10.6 Å². The van der Waals surface area contributed by atoms with Gasteiger partial charge in [-0.05, 0) is 29.5 Å². The molecule has 8 heavy (non-hydrogen) atoms. The molecule has 0 aromatic carbocycles. The highest BCUT2D eigenvalue weighted by Crippen LogP contribution is 2.13. The maximum atomic E-state index is 3.33. The summed E-state index contributed by atoms with van der Waals surface area (Å²) in [6.07, 6.45) is 0. The molecular formula is C4H8I2N2. The van der Waals surface area contributed by atoms with E-state index in [0.29, 0.717) is 14.3 Å². The Kier molecular flexibility index (Phi) is 2.79. The molecule has 4 heteroatoms. The zero-order chi connectivity index (χ0) is 6.15. The first-order valence-corrected chi connectivity index (χ1v) is 4.99. The average Bonchev–Trinajstić information content (AvgIpc) is 1.85. The van der Waals surface area contributed by atoms with Crippen LogP contribution in [-0.2, 0) is 0 Å². The van der Waals surface area contributed by atoms with E-state index >= 15 is 0 Å². The molecule has 3 unspecified atom stereocenters. The van der Waals surface area contributed by atoms with Gasteiger partial charge < -0.3 is 0 Å². The fourth-order valence-corrected chi connectivity index (χ4v) is 2.86. The van der Waals surface area contributed by atoms with Crippen LogP contribution in [0.2, 0.25) is 0 Å². The van der Waals surface area contributed by atoms with Gasteiger partial charge in [-0.2, -0.15) is 0 Å². The smallest absolute Gasteiger partial charge is 0.112 e. The van der Waals surface area contributed by atoms with Crippen LogP contribution in [0.3, 0.4) is 0 Å². The van der Waals surface area contributed by atoms with E-state index in [2.05, 4.69) is 62.7 Å². The Morgan fingerprint density at radius 1 is 1.25 bits per heavy atom. The highest BCUT2D eigenvalue weighted by molar-refractivity contribution is 14.1. The van der Waals surface area contributed by atoms with E-state index in [1.165, 1.54) is 0 Å². The third kappa shape index (κ3) is 1.68. The molecule has 48 valence electrons. The zero-order valence-corrected chi connectivity index (χ0v) is 8.80. The molecule has 1 fully saturated rings. The molecular weight excluding hydrogens is 330 g/mol. The van der Waals surface area contributed by atoms with Crippen LogP contribution >= 0.6 is 45.2 Å². The van der Waals surface area contributed by atoms with Crippen LogP contribution in [0.1, 0.15) is 6.92 Å². The summed E-state index contributed by atoms with van der Waals surface area (Å²) < 4.78 is 1.05. The molecule has 3 atom stereocenters. The first kappa shape index (κ1) is 7.49. The van der Waals surface area contributed by atoms with Gasteiger partial charge in [-0.25, -0.2) is 0 Å². The molecule has 0 spiro atoms. The van der Waals surface area contributed by atoms with E-state index in [1.54, 1.807) is 0 Å². The number of alkyl halides is 2. The zero-order valence-electron chi connectivity index (χ0n) is 4.49. The average molecular weight is 338 g/mol.